The van der Waals surface area contributed by atoms with Crippen molar-refractivity contribution < 1.29 is 0 Å². The quantitative estimate of drug-likeness (QED) is 0.518. The van der Waals surface area contributed by atoms with Gasteiger partial charge in [0.2, 0.25) is 0 Å². The number of hydrogen-bond acceptors (Lipinski definition) is 2. The standard InChI is InChI=1S/C6H3N2Se/c7-4-5-2-1-3-8-6(5)9/h1-3H. The van der Waals surface area contributed by atoms with Crippen molar-refractivity contribution in [1.29, 1.82) is 5.26 Å². The van der Waals surface area contributed by atoms with Gasteiger partial charge in [-0.05, 0) is 0 Å². The zero-order chi connectivity index (χ0) is 6.69. The van der Waals surface area contributed by atoms with Crippen molar-refractivity contribution in [2.75, 3.05) is 0 Å². The van der Waals surface area contributed by atoms with Crippen molar-refractivity contribution >= 4 is 20.6 Å². The molecular formula is C6H3N2Se. The molecule has 1 aromatic heterocycles. The Hall–Kier alpha value is -0.841. The number of pyridine rings is 1. The second-order valence-corrected chi connectivity index (χ2v) is 2.28. The fourth-order valence-electron chi connectivity index (χ4n) is 0.476. The van der Waals surface area contributed by atoms with Crippen molar-refractivity contribution in [1.82, 2.24) is 4.98 Å². The van der Waals surface area contributed by atoms with E-state index in [0.29, 0.717) is 10.2 Å². The van der Waals surface area contributed by atoms with Crippen LogP contribution in [0.15, 0.2) is 18.3 Å². The van der Waals surface area contributed by atoms with E-state index in [-0.39, 0.29) is 0 Å². The zero-order valence-electron chi connectivity index (χ0n) is 4.53. The summed E-state index contributed by atoms with van der Waals surface area (Å²) in [5.41, 5.74) is 0.595. The third kappa shape index (κ3) is 1.29. The van der Waals surface area contributed by atoms with Crippen LogP contribution in [0.2, 0.25) is 0 Å². The summed E-state index contributed by atoms with van der Waals surface area (Å²) in [5.74, 6) is 0. The van der Waals surface area contributed by atoms with E-state index in [1.807, 2.05) is 6.07 Å². The van der Waals surface area contributed by atoms with Crippen LogP contribution < -0.4 is 4.59 Å². The van der Waals surface area contributed by atoms with Crippen LogP contribution in [0.5, 0.6) is 0 Å². The molecular weight excluding hydrogens is 179 g/mol. The first kappa shape index (κ1) is 6.28. The van der Waals surface area contributed by atoms with Crippen LogP contribution in [-0.2, 0) is 0 Å². The molecule has 0 saturated heterocycles. The Labute approximate surface area is 61.3 Å². The number of aromatic nitrogens is 1. The van der Waals surface area contributed by atoms with Gasteiger partial charge in [-0.3, -0.25) is 0 Å². The zero-order valence-corrected chi connectivity index (χ0v) is 6.25. The van der Waals surface area contributed by atoms with Crippen LogP contribution in [0.4, 0.5) is 0 Å². The van der Waals surface area contributed by atoms with E-state index in [0.717, 1.165) is 0 Å². The van der Waals surface area contributed by atoms with Crippen LogP contribution in [-0.4, -0.2) is 21.0 Å². The van der Waals surface area contributed by atoms with E-state index in [9.17, 15) is 0 Å². The van der Waals surface area contributed by atoms with Gasteiger partial charge < -0.3 is 0 Å². The normalized spacial score (nSPS) is 8.33. The fourth-order valence-corrected chi connectivity index (χ4v) is 0.842. The van der Waals surface area contributed by atoms with E-state index in [2.05, 4.69) is 21.0 Å². The Bertz CT molecular complexity index is 251. The molecule has 0 N–H and O–H groups in total. The fraction of sp³-hybridized carbons (Fsp3) is 0. The minimum absolute atomic E-state index is 0.595. The molecule has 3 heteroatoms. The molecule has 0 saturated carbocycles. The summed E-state index contributed by atoms with van der Waals surface area (Å²) in [6.45, 7) is 0. The molecule has 0 atom stereocenters. The predicted octanol–water partition coefficient (Wildman–Crippen LogP) is -0.253. The summed E-state index contributed by atoms with van der Waals surface area (Å²) in [6, 6.07) is 5.46. The van der Waals surface area contributed by atoms with Crippen molar-refractivity contribution in [3.05, 3.63) is 23.9 Å². The van der Waals surface area contributed by atoms with Gasteiger partial charge in [0, 0.05) is 0 Å². The molecule has 0 bridgehead atoms. The van der Waals surface area contributed by atoms with Gasteiger partial charge in [-0.2, -0.15) is 0 Å². The molecule has 1 rings (SSSR count). The van der Waals surface area contributed by atoms with E-state index in [1.165, 1.54) is 0 Å². The Morgan fingerprint density at radius 2 is 2.44 bits per heavy atom. The van der Waals surface area contributed by atoms with E-state index < -0.39 is 0 Å². The molecule has 9 heavy (non-hydrogen) atoms. The third-order valence-electron chi connectivity index (χ3n) is 0.892. The molecule has 0 unspecified atom stereocenters. The van der Waals surface area contributed by atoms with Crippen LogP contribution in [0, 0.1) is 11.3 Å². The summed E-state index contributed by atoms with van der Waals surface area (Å²) < 4.78 is 0.667. The van der Waals surface area contributed by atoms with Crippen LogP contribution in [0.25, 0.3) is 0 Å². The van der Waals surface area contributed by atoms with Gasteiger partial charge in [-0.15, -0.1) is 0 Å². The average molecular weight is 182 g/mol. The van der Waals surface area contributed by atoms with Crippen molar-refractivity contribution in [3.8, 4) is 6.07 Å². The maximum atomic E-state index is 8.41. The molecule has 0 aromatic carbocycles. The van der Waals surface area contributed by atoms with Crippen molar-refractivity contribution in [3.63, 3.8) is 0 Å². The molecule has 0 amide bonds. The van der Waals surface area contributed by atoms with Crippen LogP contribution in [0.1, 0.15) is 5.56 Å². The topological polar surface area (TPSA) is 36.7 Å². The first-order valence-corrected chi connectivity index (χ1v) is 3.22. The van der Waals surface area contributed by atoms with Crippen molar-refractivity contribution in [2.45, 2.75) is 0 Å². The van der Waals surface area contributed by atoms with Gasteiger partial charge in [0.05, 0.1) is 0 Å². The second-order valence-electron chi connectivity index (χ2n) is 1.47. The minimum atomic E-state index is 0.595. The summed E-state index contributed by atoms with van der Waals surface area (Å²) >= 11 is 2.69. The summed E-state index contributed by atoms with van der Waals surface area (Å²) in [7, 11) is 0. The van der Waals surface area contributed by atoms with Gasteiger partial charge in [0.1, 0.15) is 0 Å². The average Bonchev–Trinajstić information content (AvgIpc) is 1.89. The first-order chi connectivity index (χ1) is 4.34. The Morgan fingerprint density at radius 3 is 2.89 bits per heavy atom. The van der Waals surface area contributed by atoms with Crippen molar-refractivity contribution in [2.24, 2.45) is 0 Å². The molecule has 0 fully saturated rings. The Balaban J connectivity index is 3.20. The number of nitriles is 1. The number of hydrogen-bond donors (Lipinski definition) is 0. The number of rotatable bonds is 0. The van der Waals surface area contributed by atoms with Gasteiger partial charge in [-0.1, -0.05) is 0 Å². The molecule has 1 heterocycles. The SMILES string of the molecule is N#Cc1cccnc1[Se]. The molecule has 2 nitrogen and oxygen atoms in total. The molecule has 1 aromatic rings. The van der Waals surface area contributed by atoms with E-state index in [4.69, 9.17) is 5.26 Å². The first-order valence-electron chi connectivity index (χ1n) is 2.36. The maximum absolute atomic E-state index is 8.41. The molecule has 43 valence electrons. The molecule has 0 aliphatic carbocycles. The molecule has 0 spiro atoms. The third-order valence-corrected chi connectivity index (χ3v) is 1.57. The van der Waals surface area contributed by atoms with Gasteiger partial charge in [0.15, 0.2) is 0 Å². The van der Waals surface area contributed by atoms with Crippen LogP contribution in [0.3, 0.4) is 0 Å². The van der Waals surface area contributed by atoms with Gasteiger partial charge in [-0.25, -0.2) is 0 Å². The summed E-state index contributed by atoms with van der Waals surface area (Å²) in [4.78, 5) is 3.87. The molecule has 0 aliphatic rings. The Morgan fingerprint density at radius 1 is 1.67 bits per heavy atom. The van der Waals surface area contributed by atoms with E-state index >= 15 is 0 Å². The van der Waals surface area contributed by atoms with E-state index in [1.54, 1.807) is 18.3 Å². The monoisotopic (exact) mass is 183 g/mol. The molecule has 1 radical (unpaired) electrons. The predicted molar refractivity (Wildman–Crippen MR) is 34.3 cm³/mol. The van der Waals surface area contributed by atoms with Crippen LogP contribution >= 0.6 is 0 Å². The number of nitrogens with zero attached hydrogens (tertiary/aromatic N) is 2. The van der Waals surface area contributed by atoms with Gasteiger partial charge in [0.25, 0.3) is 0 Å². The molecule has 0 aliphatic heterocycles. The second kappa shape index (κ2) is 2.63. The Kier molecular flexibility index (Phi) is 1.84. The van der Waals surface area contributed by atoms with Gasteiger partial charge >= 0.3 is 60.8 Å². The summed E-state index contributed by atoms with van der Waals surface area (Å²) in [5, 5.41) is 8.41. The summed E-state index contributed by atoms with van der Waals surface area (Å²) in [6.07, 6.45) is 1.65.